The molecule has 2 aromatic rings. The van der Waals surface area contributed by atoms with Crippen LogP contribution in [-0.2, 0) is 26.2 Å². The van der Waals surface area contributed by atoms with Crippen molar-refractivity contribution in [2.75, 3.05) is 6.54 Å². The molecule has 0 aromatic heterocycles. The van der Waals surface area contributed by atoms with Crippen molar-refractivity contribution in [2.45, 2.75) is 62.6 Å². The maximum absolute atomic E-state index is 13.4. The van der Waals surface area contributed by atoms with Crippen molar-refractivity contribution in [1.82, 2.24) is 14.5 Å². The van der Waals surface area contributed by atoms with Crippen LogP contribution in [0.5, 0.6) is 0 Å². The van der Waals surface area contributed by atoms with Crippen LogP contribution < -0.4 is 5.32 Å². The molecule has 1 aliphatic heterocycles. The lowest BCUT2D eigenvalue weighted by Crippen LogP contribution is -2.50. The van der Waals surface area contributed by atoms with Crippen LogP contribution in [0.1, 0.15) is 54.9 Å². The summed E-state index contributed by atoms with van der Waals surface area (Å²) in [6.45, 7) is 1.31. The van der Waals surface area contributed by atoms with Gasteiger partial charge in [-0.2, -0.15) is 0 Å². The van der Waals surface area contributed by atoms with Crippen LogP contribution in [0.25, 0.3) is 0 Å². The van der Waals surface area contributed by atoms with Gasteiger partial charge in [-0.05, 0) is 49.6 Å². The van der Waals surface area contributed by atoms with Crippen molar-refractivity contribution in [3.05, 3.63) is 63.6 Å². The number of amides is 3. The monoisotopic (exact) mass is 551 g/mol. The first-order valence-corrected chi connectivity index (χ1v) is 14.0. The number of carbonyl (C=O) groups excluding carboxylic acids is 3. The third kappa shape index (κ3) is 5.38. The van der Waals surface area contributed by atoms with Crippen molar-refractivity contribution < 1.29 is 22.8 Å². The number of rotatable bonds is 8. The third-order valence-corrected chi connectivity index (χ3v) is 9.09. The molecule has 0 unspecified atom stereocenters. The number of carbonyl (C=O) groups is 3. The average molecular weight is 552 g/mol. The zero-order chi connectivity index (χ0) is 26.0. The molecule has 1 heterocycles. The summed E-state index contributed by atoms with van der Waals surface area (Å²) in [5.41, 5.74) is 0.672. The standard InChI is InChI=1S/C25H27Cl2N3O5S/c1-16(24(32)28-19-6-2-3-7-19)29(15-17-10-11-18(26)14-21(17)27)23(31)12-13-30-25(33)20-8-4-5-9-22(20)36(30,34)35/h4-5,8-11,14,16,19H,2-3,6-7,12-13,15H2,1H3,(H,28,32)/t16-/m1/s1. The minimum atomic E-state index is -4.04. The smallest absolute Gasteiger partial charge is 0.269 e. The first-order chi connectivity index (χ1) is 17.1. The molecule has 0 spiro atoms. The van der Waals surface area contributed by atoms with Gasteiger partial charge in [0.05, 0.1) is 5.56 Å². The van der Waals surface area contributed by atoms with Crippen LogP contribution >= 0.6 is 23.2 Å². The van der Waals surface area contributed by atoms with Gasteiger partial charge in [-0.3, -0.25) is 14.4 Å². The summed E-state index contributed by atoms with van der Waals surface area (Å²) < 4.78 is 26.4. The Morgan fingerprint density at radius 3 is 2.50 bits per heavy atom. The summed E-state index contributed by atoms with van der Waals surface area (Å²) >= 11 is 12.3. The molecule has 4 rings (SSSR count). The fraction of sp³-hybridized carbons (Fsp3) is 0.400. The number of fused-ring (bicyclic) bond motifs is 1. The van der Waals surface area contributed by atoms with E-state index < -0.39 is 27.9 Å². The molecule has 0 saturated heterocycles. The number of nitrogens with zero attached hydrogens (tertiary/aromatic N) is 2. The zero-order valence-corrected chi connectivity index (χ0v) is 22.1. The van der Waals surface area contributed by atoms with Gasteiger partial charge in [0.1, 0.15) is 10.9 Å². The van der Waals surface area contributed by atoms with Crippen LogP contribution in [-0.4, -0.2) is 54.0 Å². The Kier molecular flexibility index (Phi) is 7.92. The van der Waals surface area contributed by atoms with E-state index in [9.17, 15) is 22.8 Å². The molecule has 0 bridgehead atoms. The van der Waals surface area contributed by atoms with E-state index in [0.717, 1.165) is 25.7 Å². The lowest BCUT2D eigenvalue weighted by molar-refractivity contribution is -0.140. The molecule has 2 aliphatic rings. The summed E-state index contributed by atoms with van der Waals surface area (Å²) in [6.07, 6.45) is 3.59. The Hall–Kier alpha value is -2.62. The normalized spacial score (nSPS) is 17.6. The van der Waals surface area contributed by atoms with Crippen LogP contribution in [0.2, 0.25) is 10.0 Å². The van der Waals surface area contributed by atoms with E-state index in [0.29, 0.717) is 19.9 Å². The van der Waals surface area contributed by atoms with Gasteiger partial charge in [-0.1, -0.05) is 54.2 Å². The first kappa shape index (κ1) is 26.4. The third-order valence-electron chi connectivity index (χ3n) is 6.67. The highest BCUT2D eigenvalue weighted by Gasteiger charge is 2.41. The highest BCUT2D eigenvalue weighted by atomic mass is 35.5. The van der Waals surface area contributed by atoms with E-state index in [4.69, 9.17) is 23.2 Å². The number of benzene rings is 2. The maximum atomic E-state index is 13.4. The lowest BCUT2D eigenvalue weighted by Gasteiger charge is -2.30. The van der Waals surface area contributed by atoms with E-state index in [1.807, 2.05) is 0 Å². The molecule has 2 aromatic carbocycles. The quantitative estimate of drug-likeness (QED) is 0.533. The van der Waals surface area contributed by atoms with Gasteiger partial charge in [-0.25, -0.2) is 12.7 Å². The molecule has 1 saturated carbocycles. The van der Waals surface area contributed by atoms with Crippen molar-refractivity contribution in [1.29, 1.82) is 0 Å². The van der Waals surface area contributed by atoms with E-state index in [-0.39, 0.29) is 41.9 Å². The molecule has 3 amide bonds. The van der Waals surface area contributed by atoms with Gasteiger partial charge >= 0.3 is 0 Å². The summed E-state index contributed by atoms with van der Waals surface area (Å²) in [5, 5.41) is 3.79. The largest absolute Gasteiger partial charge is 0.352 e. The molecule has 1 atom stereocenters. The Morgan fingerprint density at radius 2 is 1.83 bits per heavy atom. The highest BCUT2D eigenvalue weighted by molar-refractivity contribution is 7.90. The average Bonchev–Trinajstić information content (AvgIpc) is 3.41. The molecule has 1 aliphatic carbocycles. The van der Waals surface area contributed by atoms with Gasteiger partial charge in [0.15, 0.2) is 0 Å². The summed E-state index contributed by atoms with van der Waals surface area (Å²) in [5.74, 6) is -1.44. The van der Waals surface area contributed by atoms with Crippen molar-refractivity contribution in [3.8, 4) is 0 Å². The number of sulfonamides is 1. The molecule has 0 radical (unpaired) electrons. The minimum absolute atomic E-state index is 0.0228. The van der Waals surface area contributed by atoms with Gasteiger partial charge in [0.2, 0.25) is 11.8 Å². The Balaban J connectivity index is 1.52. The van der Waals surface area contributed by atoms with Crippen molar-refractivity contribution >= 4 is 50.9 Å². The number of halogens is 2. The van der Waals surface area contributed by atoms with Crippen molar-refractivity contribution in [2.24, 2.45) is 0 Å². The summed E-state index contributed by atoms with van der Waals surface area (Å²) in [4.78, 5) is 40.4. The molecule has 192 valence electrons. The maximum Gasteiger partial charge on any atom is 0.269 e. The predicted octanol–water partition coefficient (Wildman–Crippen LogP) is 4.00. The Bertz CT molecular complexity index is 1290. The lowest BCUT2D eigenvalue weighted by atomic mass is 10.1. The van der Waals surface area contributed by atoms with Crippen LogP contribution in [0, 0.1) is 0 Å². The molecule has 1 fully saturated rings. The Labute approximate surface area is 220 Å². The first-order valence-electron chi connectivity index (χ1n) is 11.8. The SMILES string of the molecule is C[C@H](C(=O)NC1CCCC1)N(Cc1ccc(Cl)cc1Cl)C(=O)CCN1C(=O)c2ccccc2S1(=O)=O. The molecular formula is C25H27Cl2N3O5S. The molecule has 36 heavy (non-hydrogen) atoms. The van der Waals surface area contributed by atoms with E-state index in [2.05, 4.69) is 5.32 Å². The number of hydrogen-bond acceptors (Lipinski definition) is 5. The highest BCUT2D eigenvalue weighted by Crippen LogP contribution is 2.30. The van der Waals surface area contributed by atoms with Crippen LogP contribution in [0.15, 0.2) is 47.4 Å². The fourth-order valence-corrected chi connectivity index (χ4v) is 6.64. The van der Waals surface area contributed by atoms with Crippen LogP contribution in [0.4, 0.5) is 0 Å². The number of nitrogens with one attached hydrogen (secondary N) is 1. The van der Waals surface area contributed by atoms with Crippen LogP contribution in [0.3, 0.4) is 0 Å². The Morgan fingerprint density at radius 1 is 1.14 bits per heavy atom. The molecular weight excluding hydrogens is 525 g/mol. The number of hydrogen-bond donors (Lipinski definition) is 1. The zero-order valence-electron chi connectivity index (χ0n) is 19.7. The fourth-order valence-electron chi connectivity index (χ4n) is 4.60. The molecule has 8 nitrogen and oxygen atoms in total. The van der Waals surface area contributed by atoms with Gasteiger partial charge in [-0.15, -0.1) is 0 Å². The van der Waals surface area contributed by atoms with Gasteiger partial charge < -0.3 is 10.2 Å². The second-order valence-electron chi connectivity index (χ2n) is 9.05. The topological polar surface area (TPSA) is 104 Å². The van der Waals surface area contributed by atoms with Crippen molar-refractivity contribution in [3.63, 3.8) is 0 Å². The molecule has 11 heteroatoms. The van der Waals surface area contributed by atoms with E-state index in [1.165, 1.54) is 17.0 Å². The minimum Gasteiger partial charge on any atom is -0.352 e. The predicted molar refractivity (Wildman–Crippen MR) is 136 cm³/mol. The van der Waals surface area contributed by atoms with Gasteiger partial charge in [0, 0.05) is 35.6 Å². The second kappa shape index (κ2) is 10.8. The summed E-state index contributed by atoms with van der Waals surface area (Å²) in [7, 11) is -4.04. The summed E-state index contributed by atoms with van der Waals surface area (Å²) in [6, 6.07) is 10.0. The van der Waals surface area contributed by atoms with E-state index in [1.54, 1.807) is 37.3 Å². The van der Waals surface area contributed by atoms with E-state index >= 15 is 0 Å². The van der Waals surface area contributed by atoms with Gasteiger partial charge in [0.25, 0.3) is 15.9 Å². The molecule has 1 N–H and O–H groups in total. The second-order valence-corrected chi connectivity index (χ2v) is 11.7.